The van der Waals surface area contributed by atoms with E-state index >= 15 is 0 Å². The van der Waals surface area contributed by atoms with Crippen LogP contribution in [0, 0.1) is 0 Å². The fourth-order valence-electron chi connectivity index (χ4n) is 2.60. The summed E-state index contributed by atoms with van der Waals surface area (Å²) in [6.45, 7) is -0.0948. The summed E-state index contributed by atoms with van der Waals surface area (Å²) in [5, 5.41) is 2.67. The van der Waals surface area contributed by atoms with E-state index in [1.165, 1.54) is 30.3 Å². The lowest BCUT2D eigenvalue weighted by molar-refractivity contribution is -0.274. The molecule has 0 saturated heterocycles. The van der Waals surface area contributed by atoms with Crippen molar-refractivity contribution < 1.29 is 31.1 Å². The summed E-state index contributed by atoms with van der Waals surface area (Å²) >= 11 is 0. The number of hydrogen-bond acceptors (Lipinski definition) is 4. The van der Waals surface area contributed by atoms with Crippen molar-refractivity contribution in [2.24, 2.45) is 0 Å². The summed E-state index contributed by atoms with van der Waals surface area (Å²) in [5.41, 5.74) is 1.79. The fraction of sp³-hybridized carbons (Fsp3) is 0.235. The van der Waals surface area contributed by atoms with Gasteiger partial charge in [-0.25, -0.2) is 13.1 Å². The molecule has 2 aromatic carbocycles. The number of anilines is 1. The number of nitrogens with one attached hydrogen (secondary N) is 2. The Kier molecular flexibility index (Phi) is 5.11. The molecule has 0 saturated carbocycles. The third-order valence-electron chi connectivity index (χ3n) is 3.91. The van der Waals surface area contributed by atoms with Crippen molar-refractivity contribution in [3.63, 3.8) is 0 Å². The van der Waals surface area contributed by atoms with E-state index in [4.69, 9.17) is 0 Å². The number of sulfonamides is 1. The van der Waals surface area contributed by atoms with Gasteiger partial charge in [-0.15, -0.1) is 13.2 Å². The van der Waals surface area contributed by atoms with Crippen LogP contribution >= 0.6 is 0 Å². The number of ether oxygens (including phenoxy) is 1. The van der Waals surface area contributed by atoms with Crippen LogP contribution in [0.4, 0.5) is 18.9 Å². The zero-order valence-corrected chi connectivity index (χ0v) is 14.7. The Morgan fingerprint density at radius 1 is 1.07 bits per heavy atom. The number of fused-ring (bicyclic) bond motifs is 1. The van der Waals surface area contributed by atoms with Crippen LogP contribution in [-0.2, 0) is 27.8 Å². The third kappa shape index (κ3) is 4.98. The molecule has 1 heterocycles. The van der Waals surface area contributed by atoms with Crippen molar-refractivity contribution in [1.82, 2.24) is 4.72 Å². The Morgan fingerprint density at radius 3 is 2.44 bits per heavy atom. The monoisotopic (exact) mass is 400 g/mol. The minimum Gasteiger partial charge on any atom is -0.406 e. The highest BCUT2D eigenvalue weighted by atomic mass is 32.2. The molecule has 2 N–H and O–H groups in total. The summed E-state index contributed by atoms with van der Waals surface area (Å²) < 4.78 is 67.5. The van der Waals surface area contributed by atoms with Gasteiger partial charge in [-0.1, -0.05) is 12.1 Å². The molecule has 27 heavy (non-hydrogen) atoms. The Balaban J connectivity index is 1.67. The van der Waals surface area contributed by atoms with E-state index in [-0.39, 0.29) is 29.5 Å². The van der Waals surface area contributed by atoms with Gasteiger partial charge in [-0.3, -0.25) is 4.79 Å². The Bertz CT molecular complexity index is 957. The smallest absolute Gasteiger partial charge is 0.406 e. The molecular weight excluding hydrogens is 385 g/mol. The second-order valence-corrected chi connectivity index (χ2v) is 7.65. The molecule has 6 nitrogen and oxygen atoms in total. The lowest BCUT2D eigenvalue weighted by Crippen LogP contribution is -2.24. The number of halogens is 3. The highest BCUT2D eigenvalue weighted by molar-refractivity contribution is 7.89. The van der Waals surface area contributed by atoms with Gasteiger partial charge in [0.15, 0.2) is 0 Å². The van der Waals surface area contributed by atoms with Gasteiger partial charge in [0.25, 0.3) is 0 Å². The van der Waals surface area contributed by atoms with Gasteiger partial charge >= 0.3 is 6.36 Å². The summed E-state index contributed by atoms with van der Waals surface area (Å²) in [6.07, 6.45) is -4.05. The molecule has 0 radical (unpaired) electrons. The molecule has 1 aliphatic rings. The molecule has 0 unspecified atom stereocenters. The molecule has 1 aliphatic heterocycles. The lowest BCUT2D eigenvalue weighted by atomic mass is 10.0. The van der Waals surface area contributed by atoms with Crippen molar-refractivity contribution >= 4 is 21.6 Å². The second kappa shape index (κ2) is 7.20. The molecule has 0 aliphatic carbocycles. The topological polar surface area (TPSA) is 84.5 Å². The predicted molar refractivity (Wildman–Crippen MR) is 90.5 cm³/mol. The van der Waals surface area contributed by atoms with Crippen LogP contribution in [0.15, 0.2) is 47.4 Å². The third-order valence-corrected chi connectivity index (χ3v) is 5.30. The quantitative estimate of drug-likeness (QED) is 0.808. The highest BCUT2D eigenvalue weighted by Crippen LogP contribution is 2.26. The normalized spacial score (nSPS) is 14.4. The molecule has 0 fully saturated rings. The van der Waals surface area contributed by atoms with Gasteiger partial charge in [-0.05, 0) is 47.9 Å². The number of rotatable bonds is 5. The molecule has 144 valence electrons. The SMILES string of the molecule is O=C1CCc2cc(S(=O)(=O)NCc3ccc(OC(F)(F)F)cc3)ccc2N1. The van der Waals surface area contributed by atoms with Crippen LogP contribution in [0.5, 0.6) is 5.75 Å². The summed E-state index contributed by atoms with van der Waals surface area (Å²) in [6, 6.07) is 9.31. The maximum atomic E-state index is 12.4. The van der Waals surface area contributed by atoms with Crippen molar-refractivity contribution in [1.29, 1.82) is 0 Å². The summed E-state index contributed by atoms with van der Waals surface area (Å²) in [7, 11) is -3.82. The lowest BCUT2D eigenvalue weighted by Gasteiger charge is -2.17. The van der Waals surface area contributed by atoms with Gasteiger partial charge < -0.3 is 10.1 Å². The van der Waals surface area contributed by atoms with E-state index in [9.17, 15) is 26.4 Å². The number of benzene rings is 2. The van der Waals surface area contributed by atoms with Crippen LogP contribution in [0.1, 0.15) is 17.5 Å². The first-order valence-corrected chi connectivity index (χ1v) is 9.38. The predicted octanol–water partition coefficient (Wildman–Crippen LogP) is 2.95. The van der Waals surface area contributed by atoms with Crippen molar-refractivity contribution in [2.45, 2.75) is 30.6 Å². The van der Waals surface area contributed by atoms with E-state index in [0.717, 1.165) is 17.7 Å². The first-order valence-electron chi connectivity index (χ1n) is 7.89. The van der Waals surface area contributed by atoms with Crippen LogP contribution < -0.4 is 14.8 Å². The van der Waals surface area contributed by atoms with Crippen molar-refractivity contribution in [3.05, 3.63) is 53.6 Å². The standard InChI is InChI=1S/C17H15F3N2O4S/c18-17(19,20)26-13-4-1-11(2-5-13)10-21-27(24,25)14-6-7-15-12(9-14)3-8-16(23)22-15/h1-2,4-7,9,21H,3,8,10H2,(H,22,23). The molecule has 2 aromatic rings. The Morgan fingerprint density at radius 2 is 1.78 bits per heavy atom. The van der Waals surface area contributed by atoms with Gasteiger partial charge in [0.2, 0.25) is 15.9 Å². The average molecular weight is 400 g/mol. The number of alkyl halides is 3. The van der Waals surface area contributed by atoms with Crippen LogP contribution in [0.25, 0.3) is 0 Å². The molecular formula is C17H15F3N2O4S. The van der Waals surface area contributed by atoms with E-state index in [1.54, 1.807) is 0 Å². The summed E-state index contributed by atoms with van der Waals surface area (Å²) in [4.78, 5) is 11.4. The maximum Gasteiger partial charge on any atom is 0.573 e. The minimum atomic E-state index is -4.78. The first-order chi connectivity index (χ1) is 12.6. The number of aryl methyl sites for hydroxylation is 1. The van der Waals surface area contributed by atoms with Crippen molar-refractivity contribution in [3.8, 4) is 5.75 Å². The number of carbonyl (C=O) groups is 1. The van der Waals surface area contributed by atoms with Crippen LogP contribution in [-0.4, -0.2) is 20.7 Å². The average Bonchev–Trinajstić information content (AvgIpc) is 2.59. The zero-order chi connectivity index (χ0) is 19.7. The van der Waals surface area contributed by atoms with E-state index in [1.807, 2.05) is 0 Å². The molecule has 0 atom stereocenters. The molecule has 0 bridgehead atoms. The van der Waals surface area contributed by atoms with Gasteiger partial charge in [0.05, 0.1) is 4.90 Å². The van der Waals surface area contributed by atoms with Gasteiger partial charge in [-0.2, -0.15) is 0 Å². The Labute approximate surface area is 153 Å². The summed E-state index contributed by atoms with van der Waals surface area (Å²) in [5.74, 6) is -0.500. The van der Waals surface area contributed by atoms with Gasteiger partial charge in [0.1, 0.15) is 5.75 Å². The second-order valence-electron chi connectivity index (χ2n) is 5.88. The highest BCUT2D eigenvalue weighted by Gasteiger charge is 2.31. The first kappa shape index (κ1) is 19.2. The number of hydrogen-bond donors (Lipinski definition) is 2. The molecule has 10 heteroatoms. The zero-order valence-electron chi connectivity index (χ0n) is 13.8. The fourth-order valence-corrected chi connectivity index (χ4v) is 3.67. The van der Waals surface area contributed by atoms with E-state index in [0.29, 0.717) is 17.7 Å². The molecule has 1 amide bonds. The Hall–Kier alpha value is -2.59. The van der Waals surface area contributed by atoms with Crippen LogP contribution in [0.3, 0.4) is 0 Å². The molecule has 0 aromatic heterocycles. The number of amides is 1. The van der Waals surface area contributed by atoms with Crippen LogP contribution in [0.2, 0.25) is 0 Å². The van der Waals surface area contributed by atoms with Crippen molar-refractivity contribution in [2.75, 3.05) is 5.32 Å². The minimum absolute atomic E-state index is 0.0504. The maximum absolute atomic E-state index is 12.4. The van der Waals surface area contributed by atoms with E-state index < -0.39 is 16.4 Å². The van der Waals surface area contributed by atoms with Gasteiger partial charge in [0, 0.05) is 18.7 Å². The number of carbonyl (C=O) groups excluding carboxylic acids is 1. The molecule has 0 spiro atoms. The largest absolute Gasteiger partial charge is 0.573 e. The van der Waals surface area contributed by atoms with E-state index in [2.05, 4.69) is 14.8 Å². The molecule has 3 rings (SSSR count).